The molecule has 0 aliphatic rings. The molecule has 0 saturated heterocycles. The second-order valence-corrected chi connectivity index (χ2v) is 4.88. The van der Waals surface area contributed by atoms with E-state index in [4.69, 9.17) is 19.7 Å². The van der Waals surface area contributed by atoms with Crippen LogP contribution in [0.15, 0.2) is 48.5 Å². The van der Waals surface area contributed by atoms with Gasteiger partial charge in [0.15, 0.2) is 0 Å². The molecule has 22 heavy (non-hydrogen) atoms. The summed E-state index contributed by atoms with van der Waals surface area (Å²) >= 11 is 0. The molecule has 0 aromatic heterocycles. The number of aromatic carboxylic acids is 1. The van der Waals surface area contributed by atoms with E-state index < -0.39 is 12.1 Å². The Morgan fingerprint density at radius 2 is 1.82 bits per heavy atom. The molecule has 0 spiro atoms. The van der Waals surface area contributed by atoms with Crippen LogP contribution in [0.25, 0.3) is 0 Å². The average Bonchev–Trinajstić information content (AvgIpc) is 2.53. The van der Waals surface area contributed by atoms with Crippen molar-refractivity contribution < 1.29 is 24.5 Å². The minimum atomic E-state index is -1.06. The van der Waals surface area contributed by atoms with Gasteiger partial charge in [-0.15, -0.1) is 0 Å². The Kier molecular flexibility index (Phi) is 5.38. The molecule has 1 unspecified atom stereocenters. The number of aliphatic hydroxyl groups is 1. The molecule has 5 heteroatoms. The summed E-state index contributed by atoms with van der Waals surface area (Å²) in [7, 11) is 0. The van der Waals surface area contributed by atoms with E-state index in [0.29, 0.717) is 18.1 Å². The van der Waals surface area contributed by atoms with Crippen LogP contribution < -0.4 is 9.47 Å². The third-order valence-corrected chi connectivity index (χ3v) is 2.97. The highest BCUT2D eigenvalue weighted by atomic mass is 16.5. The van der Waals surface area contributed by atoms with Gasteiger partial charge in [0, 0.05) is 6.07 Å². The molecule has 2 aromatic carbocycles. The number of carbonyl (C=O) groups is 1. The lowest BCUT2D eigenvalue weighted by Gasteiger charge is -2.14. The fourth-order valence-electron chi connectivity index (χ4n) is 1.86. The third-order valence-electron chi connectivity index (χ3n) is 2.97. The monoisotopic (exact) mass is 302 g/mol. The van der Waals surface area contributed by atoms with Crippen LogP contribution in [-0.4, -0.2) is 28.9 Å². The van der Waals surface area contributed by atoms with Gasteiger partial charge in [-0.1, -0.05) is 30.3 Å². The number of carboxylic acids is 1. The Morgan fingerprint density at radius 1 is 1.14 bits per heavy atom. The Morgan fingerprint density at radius 3 is 2.45 bits per heavy atom. The smallest absolute Gasteiger partial charge is 0.335 e. The molecule has 116 valence electrons. The number of hydrogen-bond donors (Lipinski definition) is 2. The largest absolute Gasteiger partial charge is 0.489 e. The lowest BCUT2D eigenvalue weighted by atomic mass is 10.2. The first-order chi connectivity index (χ1) is 10.6. The van der Waals surface area contributed by atoms with Gasteiger partial charge >= 0.3 is 5.97 Å². The summed E-state index contributed by atoms with van der Waals surface area (Å²) in [6, 6.07) is 14.0. The SMILES string of the molecule is CC(CO)Oc1cc(OCc2ccccc2)cc(C(=O)O)c1. The fraction of sp³-hybridized carbons (Fsp3) is 0.235. The Bertz CT molecular complexity index is 624. The standard InChI is InChI=1S/C17H18O5/c1-12(10-18)22-16-8-14(17(19)20)7-15(9-16)21-11-13-5-3-2-4-6-13/h2-9,12,18H,10-11H2,1H3,(H,19,20). The highest BCUT2D eigenvalue weighted by molar-refractivity contribution is 5.88. The second-order valence-electron chi connectivity index (χ2n) is 4.88. The van der Waals surface area contributed by atoms with Crippen molar-refractivity contribution in [3.63, 3.8) is 0 Å². The van der Waals surface area contributed by atoms with Gasteiger partial charge in [-0.2, -0.15) is 0 Å². The summed E-state index contributed by atoms with van der Waals surface area (Å²) in [6.45, 7) is 1.87. The molecule has 0 aliphatic heterocycles. The number of hydrogen-bond acceptors (Lipinski definition) is 4. The van der Waals surface area contributed by atoms with Gasteiger partial charge in [-0.25, -0.2) is 4.79 Å². The quantitative estimate of drug-likeness (QED) is 0.822. The van der Waals surface area contributed by atoms with Crippen LogP contribution in [0.5, 0.6) is 11.5 Å². The molecule has 0 heterocycles. The van der Waals surface area contributed by atoms with E-state index >= 15 is 0 Å². The summed E-state index contributed by atoms with van der Waals surface area (Å²) < 4.78 is 11.1. The maximum Gasteiger partial charge on any atom is 0.335 e. The summed E-state index contributed by atoms with van der Waals surface area (Å²) in [6.07, 6.45) is -0.425. The minimum Gasteiger partial charge on any atom is -0.489 e. The Balaban J connectivity index is 2.16. The van der Waals surface area contributed by atoms with E-state index in [9.17, 15) is 4.79 Å². The van der Waals surface area contributed by atoms with Crippen molar-refractivity contribution in [2.75, 3.05) is 6.61 Å². The van der Waals surface area contributed by atoms with Gasteiger partial charge in [0.1, 0.15) is 24.2 Å². The highest BCUT2D eigenvalue weighted by Crippen LogP contribution is 2.25. The van der Waals surface area contributed by atoms with E-state index in [-0.39, 0.29) is 12.2 Å². The van der Waals surface area contributed by atoms with Crippen molar-refractivity contribution in [1.82, 2.24) is 0 Å². The molecule has 1 atom stereocenters. The fourth-order valence-corrected chi connectivity index (χ4v) is 1.86. The first-order valence-corrected chi connectivity index (χ1v) is 6.91. The van der Waals surface area contributed by atoms with E-state index in [1.54, 1.807) is 13.0 Å². The van der Waals surface area contributed by atoms with E-state index in [1.165, 1.54) is 12.1 Å². The molecular formula is C17H18O5. The maximum absolute atomic E-state index is 11.2. The first-order valence-electron chi connectivity index (χ1n) is 6.91. The molecule has 0 saturated carbocycles. The van der Waals surface area contributed by atoms with Gasteiger partial charge in [-0.3, -0.25) is 0 Å². The lowest BCUT2D eigenvalue weighted by Crippen LogP contribution is -2.16. The lowest BCUT2D eigenvalue weighted by molar-refractivity contribution is 0.0695. The van der Waals surface area contributed by atoms with Crippen molar-refractivity contribution >= 4 is 5.97 Å². The maximum atomic E-state index is 11.2. The van der Waals surface area contributed by atoms with Crippen LogP contribution in [0.3, 0.4) is 0 Å². The molecule has 0 amide bonds. The number of ether oxygens (including phenoxy) is 2. The number of benzene rings is 2. The van der Waals surface area contributed by atoms with Gasteiger partial charge < -0.3 is 19.7 Å². The zero-order valence-corrected chi connectivity index (χ0v) is 12.2. The molecule has 2 aromatic rings. The molecule has 2 N–H and O–H groups in total. The number of aliphatic hydroxyl groups excluding tert-OH is 1. The second kappa shape index (κ2) is 7.47. The first kappa shape index (κ1) is 15.9. The summed E-state index contributed by atoms with van der Waals surface area (Å²) in [5, 5.41) is 18.2. The molecule has 2 rings (SSSR count). The molecule has 0 bridgehead atoms. The predicted molar refractivity (Wildman–Crippen MR) is 81.4 cm³/mol. The summed E-state index contributed by atoms with van der Waals surface area (Å²) in [5.41, 5.74) is 1.06. The van der Waals surface area contributed by atoms with E-state index in [1.807, 2.05) is 30.3 Å². The van der Waals surface area contributed by atoms with Crippen LogP contribution >= 0.6 is 0 Å². The van der Waals surface area contributed by atoms with Crippen LogP contribution in [0.2, 0.25) is 0 Å². The van der Waals surface area contributed by atoms with Gasteiger partial charge in [-0.05, 0) is 24.6 Å². The summed E-state index contributed by atoms with van der Waals surface area (Å²) in [5.74, 6) is -0.305. The van der Waals surface area contributed by atoms with Crippen molar-refractivity contribution in [3.8, 4) is 11.5 Å². The topological polar surface area (TPSA) is 76.0 Å². The number of carboxylic acid groups (broad SMARTS) is 1. The zero-order valence-electron chi connectivity index (χ0n) is 12.2. The molecule has 0 radical (unpaired) electrons. The number of rotatable bonds is 7. The van der Waals surface area contributed by atoms with E-state index in [2.05, 4.69) is 0 Å². The molecule has 5 nitrogen and oxygen atoms in total. The van der Waals surface area contributed by atoms with Crippen molar-refractivity contribution in [2.24, 2.45) is 0 Å². The van der Waals surface area contributed by atoms with Crippen molar-refractivity contribution in [1.29, 1.82) is 0 Å². The molecule has 0 fully saturated rings. The minimum absolute atomic E-state index is 0.0747. The third kappa shape index (κ3) is 4.49. The molecule has 0 aliphatic carbocycles. The Labute approximate surface area is 128 Å². The summed E-state index contributed by atoms with van der Waals surface area (Å²) in [4.78, 5) is 11.2. The van der Waals surface area contributed by atoms with Crippen LogP contribution in [0.4, 0.5) is 0 Å². The van der Waals surface area contributed by atoms with E-state index in [0.717, 1.165) is 5.56 Å². The highest BCUT2D eigenvalue weighted by Gasteiger charge is 2.11. The Hall–Kier alpha value is -2.53. The van der Waals surface area contributed by atoms with Crippen molar-refractivity contribution in [3.05, 3.63) is 59.7 Å². The predicted octanol–water partition coefficient (Wildman–Crippen LogP) is 2.72. The van der Waals surface area contributed by atoms with Crippen LogP contribution in [0.1, 0.15) is 22.8 Å². The van der Waals surface area contributed by atoms with Gasteiger partial charge in [0.25, 0.3) is 0 Å². The van der Waals surface area contributed by atoms with Crippen molar-refractivity contribution in [2.45, 2.75) is 19.6 Å². The normalized spacial score (nSPS) is 11.7. The van der Waals surface area contributed by atoms with Gasteiger partial charge in [0.05, 0.1) is 12.2 Å². The van der Waals surface area contributed by atoms with Crippen LogP contribution in [0, 0.1) is 0 Å². The molecular weight excluding hydrogens is 284 g/mol. The average molecular weight is 302 g/mol. The van der Waals surface area contributed by atoms with Crippen LogP contribution in [-0.2, 0) is 6.61 Å². The van der Waals surface area contributed by atoms with Gasteiger partial charge in [0.2, 0.25) is 0 Å². The zero-order chi connectivity index (χ0) is 15.9.